The average Bonchev–Trinajstić information content (AvgIpc) is 2.79. The van der Waals surface area contributed by atoms with Crippen LogP contribution in [0.5, 0.6) is 11.5 Å². The molecule has 0 aliphatic carbocycles. The zero-order valence-electron chi connectivity index (χ0n) is 17.5. The third-order valence-electron chi connectivity index (χ3n) is 5.64. The number of nitrogens with one attached hydrogen (secondary N) is 1. The van der Waals surface area contributed by atoms with Gasteiger partial charge in [-0.25, -0.2) is 0 Å². The van der Waals surface area contributed by atoms with Gasteiger partial charge in [0.05, 0.1) is 20.3 Å². The molecule has 1 aliphatic rings. The lowest BCUT2D eigenvalue weighted by atomic mass is 10.0. The summed E-state index contributed by atoms with van der Waals surface area (Å²) in [6, 6.07) is 16.3. The molecule has 1 amide bonds. The van der Waals surface area contributed by atoms with E-state index in [4.69, 9.17) is 9.47 Å². The van der Waals surface area contributed by atoms with Gasteiger partial charge in [-0.3, -0.25) is 9.69 Å². The van der Waals surface area contributed by atoms with Crippen LogP contribution in [-0.2, 0) is 11.2 Å². The first-order valence-corrected chi connectivity index (χ1v) is 10.5. The van der Waals surface area contributed by atoms with Gasteiger partial charge >= 0.3 is 0 Å². The van der Waals surface area contributed by atoms with E-state index in [0.29, 0.717) is 19.4 Å². The third kappa shape index (κ3) is 5.97. The van der Waals surface area contributed by atoms with E-state index in [1.807, 2.05) is 36.4 Å². The minimum Gasteiger partial charge on any atom is -0.497 e. The van der Waals surface area contributed by atoms with E-state index >= 15 is 0 Å². The molecule has 5 nitrogen and oxygen atoms in total. The molecule has 1 aliphatic heterocycles. The van der Waals surface area contributed by atoms with Crippen LogP contribution in [0.15, 0.2) is 48.5 Å². The van der Waals surface area contributed by atoms with Gasteiger partial charge in [0, 0.05) is 13.0 Å². The SMILES string of the molecule is COc1ccc(C(CNC(=O)CCc2ccccc2OC)N2CCCCC2)cc1. The molecule has 1 atom stereocenters. The molecule has 3 rings (SSSR count). The monoisotopic (exact) mass is 396 g/mol. The molecule has 29 heavy (non-hydrogen) atoms. The van der Waals surface area contributed by atoms with Gasteiger partial charge in [0.25, 0.3) is 0 Å². The van der Waals surface area contributed by atoms with Gasteiger partial charge in [0.15, 0.2) is 0 Å². The van der Waals surface area contributed by atoms with E-state index < -0.39 is 0 Å². The largest absolute Gasteiger partial charge is 0.497 e. The normalized spacial score (nSPS) is 15.5. The fraction of sp³-hybridized carbons (Fsp3) is 0.458. The van der Waals surface area contributed by atoms with Crippen molar-refractivity contribution < 1.29 is 14.3 Å². The predicted octanol–water partition coefficient (Wildman–Crippen LogP) is 3.98. The summed E-state index contributed by atoms with van der Waals surface area (Å²) in [5.74, 6) is 1.77. The Hall–Kier alpha value is -2.53. The summed E-state index contributed by atoms with van der Waals surface area (Å²) in [6.45, 7) is 2.78. The Morgan fingerprint density at radius 2 is 1.72 bits per heavy atom. The van der Waals surface area contributed by atoms with Gasteiger partial charge in [-0.2, -0.15) is 0 Å². The Kier molecular flexibility index (Phi) is 7.94. The predicted molar refractivity (Wildman–Crippen MR) is 115 cm³/mol. The fourth-order valence-electron chi connectivity index (χ4n) is 3.97. The summed E-state index contributed by atoms with van der Waals surface area (Å²) in [5.41, 5.74) is 2.28. The van der Waals surface area contributed by atoms with E-state index in [2.05, 4.69) is 22.3 Å². The number of hydrogen-bond donors (Lipinski definition) is 1. The van der Waals surface area contributed by atoms with Crippen LogP contribution in [0.25, 0.3) is 0 Å². The first-order chi connectivity index (χ1) is 14.2. The second kappa shape index (κ2) is 10.9. The number of rotatable bonds is 9. The lowest BCUT2D eigenvalue weighted by molar-refractivity contribution is -0.121. The number of benzene rings is 2. The average molecular weight is 397 g/mol. The molecule has 1 heterocycles. The smallest absolute Gasteiger partial charge is 0.220 e. The maximum atomic E-state index is 12.5. The summed E-state index contributed by atoms with van der Waals surface area (Å²) in [5, 5.41) is 3.16. The molecule has 0 radical (unpaired) electrons. The number of likely N-dealkylation sites (tertiary alicyclic amines) is 1. The van der Waals surface area contributed by atoms with Gasteiger partial charge in [-0.05, 0) is 61.7 Å². The van der Waals surface area contributed by atoms with Gasteiger partial charge in [0.1, 0.15) is 11.5 Å². The maximum Gasteiger partial charge on any atom is 0.220 e. The van der Waals surface area contributed by atoms with Gasteiger partial charge in [-0.15, -0.1) is 0 Å². The Labute approximate surface area is 174 Å². The minimum absolute atomic E-state index is 0.0754. The van der Waals surface area contributed by atoms with Crippen LogP contribution in [-0.4, -0.2) is 44.7 Å². The Morgan fingerprint density at radius 3 is 2.41 bits per heavy atom. The summed E-state index contributed by atoms with van der Waals surface area (Å²) in [7, 11) is 3.34. The summed E-state index contributed by atoms with van der Waals surface area (Å²) in [4.78, 5) is 15.0. The number of para-hydroxylation sites is 1. The quantitative estimate of drug-likeness (QED) is 0.697. The van der Waals surface area contributed by atoms with Crippen molar-refractivity contribution in [2.24, 2.45) is 0 Å². The highest BCUT2D eigenvalue weighted by atomic mass is 16.5. The number of ether oxygens (including phenoxy) is 2. The van der Waals surface area contributed by atoms with Crippen molar-refractivity contribution in [3.8, 4) is 11.5 Å². The van der Waals surface area contributed by atoms with Crippen LogP contribution in [0.2, 0.25) is 0 Å². The summed E-state index contributed by atoms with van der Waals surface area (Å²) < 4.78 is 10.7. The van der Waals surface area contributed by atoms with Crippen molar-refractivity contribution in [3.05, 3.63) is 59.7 Å². The minimum atomic E-state index is 0.0754. The molecular weight excluding hydrogens is 364 g/mol. The number of piperidine rings is 1. The first-order valence-electron chi connectivity index (χ1n) is 10.5. The highest BCUT2D eigenvalue weighted by molar-refractivity contribution is 5.76. The molecule has 2 aromatic carbocycles. The second-order valence-electron chi connectivity index (χ2n) is 7.50. The number of nitrogens with zero attached hydrogens (tertiary/aromatic N) is 1. The van der Waals surface area contributed by atoms with Crippen molar-refractivity contribution in [3.63, 3.8) is 0 Å². The lowest BCUT2D eigenvalue weighted by Crippen LogP contribution is -2.40. The fourth-order valence-corrected chi connectivity index (χ4v) is 3.97. The van der Waals surface area contributed by atoms with E-state index in [-0.39, 0.29) is 11.9 Å². The van der Waals surface area contributed by atoms with Gasteiger partial charge in [0.2, 0.25) is 5.91 Å². The molecule has 1 saturated heterocycles. The third-order valence-corrected chi connectivity index (χ3v) is 5.64. The van der Waals surface area contributed by atoms with Crippen LogP contribution < -0.4 is 14.8 Å². The lowest BCUT2D eigenvalue weighted by Gasteiger charge is -2.35. The molecule has 0 aromatic heterocycles. The highest BCUT2D eigenvalue weighted by Crippen LogP contribution is 2.26. The number of amides is 1. The van der Waals surface area contributed by atoms with E-state index in [9.17, 15) is 4.79 Å². The molecule has 2 aromatic rings. The summed E-state index contributed by atoms with van der Waals surface area (Å²) >= 11 is 0. The number of hydrogen-bond acceptors (Lipinski definition) is 4. The topological polar surface area (TPSA) is 50.8 Å². The highest BCUT2D eigenvalue weighted by Gasteiger charge is 2.23. The zero-order valence-corrected chi connectivity index (χ0v) is 17.5. The number of carbonyl (C=O) groups is 1. The van der Waals surface area contributed by atoms with Gasteiger partial charge < -0.3 is 14.8 Å². The molecule has 0 saturated carbocycles. The molecule has 0 bridgehead atoms. The summed E-state index contributed by atoms with van der Waals surface area (Å²) in [6.07, 6.45) is 4.85. The van der Waals surface area contributed by atoms with Crippen LogP contribution >= 0.6 is 0 Å². The van der Waals surface area contributed by atoms with Gasteiger partial charge in [-0.1, -0.05) is 36.8 Å². The Morgan fingerprint density at radius 1 is 1.00 bits per heavy atom. The first kappa shape index (κ1) is 21.2. The van der Waals surface area contributed by atoms with E-state index in [1.54, 1.807) is 14.2 Å². The van der Waals surface area contributed by atoms with Crippen molar-refractivity contribution in [1.82, 2.24) is 10.2 Å². The molecular formula is C24H32N2O3. The van der Waals surface area contributed by atoms with Crippen LogP contribution in [0.3, 0.4) is 0 Å². The molecule has 0 spiro atoms. The number of methoxy groups -OCH3 is 2. The van der Waals surface area contributed by atoms with Crippen LogP contribution in [0.1, 0.15) is 42.9 Å². The second-order valence-corrected chi connectivity index (χ2v) is 7.50. The Bertz CT molecular complexity index is 770. The molecule has 5 heteroatoms. The van der Waals surface area contributed by atoms with Crippen molar-refractivity contribution in [2.45, 2.75) is 38.1 Å². The van der Waals surface area contributed by atoms with E-state index in [0.717, 1.165) is 30.2 Å². The molecule has 156 valence electrons. The van der Waals surface area contributed by atoms with Crippen molar-refractivity contribution >= 4 is 5.91 Å². The van der Waals surface area contributed by atoms with Crippen LogP contribution in [0, 0.1) is 0 Å². The zero-order chi connectivity index (χ0) is 20.5. The number of carbonyl (C=O) groups excluding carboxylic acids is 1. The van der Waals surface area contributed by atoms with E-state index in [1.165, 1.54) is 24.8 Å². The van der Waals surface area contributed by atoms with Crippen molar-refractivity contribution in [1.29, 1.82) is 0 Å². The van der Waals surface area contributed by atoms with Crippen molar-refractivity contribution in [2.75, 3.05) is 33.9 Å². The van der Waals surface area contributed by atoms with Crippen LogP contribution in [0.4, 0.5) is 0 Å². The number of aryl methyl sites for hydroxylation is 1. The standard InChI is InChI=1S/C24H32N2O3/c1-28-21-13-10-19(11-14-21)22(26-16-6-3-7-17-26)18-25-24(27)15-12-20-8-4-5-9-23(20)29-2/h4-5,8-11,13-14,22H,3,6-7,12,15-18H2,1-2H3,(H,25,27). The molecule has 1 N–H and O–H groups in total. The Balaban J connectivity index is 1.60. The molecule has 1 fully saturated rings. The maximum absolute atomic E-state index is 12.5. The molecule has 1 unspecified atom stereocenters.